The average Bonchev–Trinajstić information content (AvgIpc) is 2.67. The fraction of sp³-hybridized carbons (Fsp3) is 0.0500. The van der Waals surface area contributed by atoms with E-state index in [1.807, 2.05) is 54.6 Å². The molecule has 0 fully saturated rings. The van der Waals surface area contributed by atoms with Gasteiger partial charge < -0.3 is 10.4 Å². The fourth-order valence-corrected chi connectivity index (χ4v) is 2.55. The number of hydrogen-bond acceptors (Lipinski definition) is 5. The Hall–Kier alpha value is -3.35. The van der Waals surface area contributed by atoms with Crippen LogP contribution >= 0.6 is 0 Å². The van der Waals surface area contributed by atoms with Gasteiger partial charge in [0.15, 0.2) is 0 Å². The Morgan fingerprint density at radius 3 is 1.88 bits per heavy atom. The molecule has 6 nitrogen and oxygen atoms in total. The van der Waals surface area contributed by atoms with E-state index >= 15 is 0 Å². The van der Waals surface area contributed by atoms with Crippen molar-refractivity contribution in [1.82, 2.24) is 0 Å². The zero-order valence-electron chi connectivity index (χ0n) is 14.2. The molecule has 0 aliphatic rings. The summed E-state index contributed by atoms with van der Waals surface area (Å²) in [5.41, 5.74) is 6.66. The predicted octanol–water partition coefficient (Wildman–Crippen LogP) is 4.43. The van der Waals surface area contributed by atoms with E-state index in [1.165, 1.54) is 11.9 Å². The number of para-hydroxylation sites is 1. The van der Waals surface area contributed by atoms with Crippen LogP contribution in [0.1, 0.15) is 6.92 Å². The maximum absolute atomic E-state index is 11.9. The summed E-state index contributed by atoms with van der Waals surface area (Å²) in [4.78, 5) is 11.9. The summed E-state index contributed by atoms with van der Waals surface area (Å²) in [5, 5.41) is 21.0. The molecule has 0 aliphatic carbocycles. The molecule has 0 saturated heterocycles. The lowest BCUT2D eigenvalue weighted by molar-refractivity contribution is -0.116. The van der Waals surface area contributed by atoms with Gasteiger partial charge in [-0.3, -0.25) is 15.4 Å². The summed E-state index contributed by atoms with van der Waals surface area (Å²) in [6.45, 7) is 1.50. The molecule has 0 spiro atoms. The van der Waals surface area contributed by atoms with Crippen LogP contribution in [0.2, 0.25) is 0 Å². The Morgan fingerprint density at radius 1 is 0.846 bits per heavy atom. The Morgan fingerprint density at radius 2 is 1.38 bits per heavy atom. The zero-order valence-corrected chi connectivity index (χ0v) is 14.2. The first-order chi connectivity index (χ1) is 12.5. The van der Waals surface area contributed by atoms with Gasteiger partial charge >= 0.3 is 0 Å². The lowest BCUT2D eigenvalue weighted by Gasteiger charge is -2.23. The first-order valence-corrected chi connectivity index (χ1v) is 8.03. The summed E-state index contributed by atoms with van der Waals surface area (Å²) in [5.74, 6) is -0.123. The molecule has 0 atom stereocenters. The van der Waals surface area contributed by atoms with E-state index in [4.69, 9.17) is 5.21 Å². The summed E-state index contributed by atoms with van der Waals surface area (Å²) < 4.78 is 0. The minimum absolute atomic E-state index is 0.123. The quantitative estimate of drug-likeness (QED) is 0.667. The highest BCUT2D eigenvalue weighted by molar-refractivity contribution is 5.93. The van der Waals surface area contributed by atoms with Crippen molar-refractivity contribution in [2.75, 3.05) is 15.7 Å². The second kappa shape index (κ2) is 7.69. The van der Waals surface area contributed by atoms with Crippen molar-refractivity contribution in [3.63, 3.8) is 0 Å². The molecule has 1 amide bonds. The zero-order chi connectivity index (χ0) is 18.5. The highest BCUT2D eigenvalue weighted by atomic mass is 16.8. The SMILES string of the molecule is CC(=O)N(Nc1ccc(-c2ccc(N([O-])O)cc2)cc1)c1ccccc1. The normalized spacial score (nSPS) is 10.3. The van der Waals surface area contributed by atoms with Crippen LogP contribution in [-0.4, -0.2) is 11.1 Å². The number of carbonyl (C=O) groups excluding carboxylic acids is 1. The van der Waals surface area contributed by atoms with Gasteiger partial charge in [0.1, 0.15) is 0 Å². The largest absolute Gasteiger partial charge is 0.733 e. The lowest BCUT2D eigenvalue weighted by Crippen LogP contribution is -2.34. The van der Waals surface area contributed by atoms with Gasteiger partial charge in [-0.15, -0.1) is 0 Å². The molecule has 3 aromatic rings. The molecule has 0 aliphatic heterocycles. The molecule has 6 heteroatoms. The van der Waals surface area contributed by atoms with Crippen molar-refractivity contribution < 1.29 is 10.0 Å². The average molecular weight is 348 g/mol. The molecule has 0 aromatic heterocycles. The highest BCUT2D eigenvalue weighted by Gasteiger charge is 2.11. The maximum atomic E-state index is 11.9. The molecule has 3 aromatic carbocycles. The van der Waals surface area contributed by atoms with E-state index in [-0.39, 0.29) is 16.8 Å². The number of amides is 1. The van der Waals surface area contributed by atoms with Crippen LogP contribution in [0.4, 0.5) is 17.1 Å². The Bertz CT molecular complexity index is 863. The van der Waals surface area contributed by atoms with E-state index in [0.717, 1.165) is 22.5 Å². The maximum Gasteiger partial charge on any atom is 0.242 e. The van der Waals surface area contributed by atoms with Gasteiger partial charge in [-0.05, 0) is 47.5 Å². The number of nitrogens with one attached hydrogen (secondary N) is 1. The fourth-order valence-electron chi connectivity index (χ4n) is 2.55. The molecular weight excluding hydrogens is 330 g/mol. The second-order valence-corrected chi connectivity index (χ2v) is 5.70. The lowest BCUT2D eigenvalue weighted by atomic mass is 10.1. The Balaban J connectivity index is 1.77. The third-order valence-corrected chi connectivity index (χ3v) is 3.88. The van der Waals surface area contributed by atoms with Gasteiger partial charge in [0.05, 0.1) is 17.1 Å². The topological polar surface area (TPSA) is 78.9 Å². The summed E-state index contributed by atoms with van der Waals surface area (Å²) in [7, 11) is 0. The van der Waals surface area contributed by atoms with Gasteiger partial charge in [0, 0.05) is 6.92 Å². The Kier molecular flexibility index (Phi) is 5.17. The molecule has 0 heterocycles. The van der Waals surface area contributed by atoms with Crippen molar-refractivity contribution >= 4 is 23.0 Å². The third-order valence-electron chi connectivity index (χ3n) is 3.88. The third kappa shape index (κ3) is 4.00. The molecule has 26 heavy (non-hydrogen) atoms. The second-order valence-electron chi connectivity index (χ2n) is 5.70. The number of hydrazine groups is 1. The number of benzene rings is 3. The highest BCUT2D eigenvalue weighted by Crippen LogP contribution is 2.25. The first-order valence-electron chi connectivity index (χ1n) is 8.03. The van der Waals surface area contributed by atoms with E-state index in [2.05, 4.69) is 5.43 Å². The van der Waals surface area contributed by atoms with Gasteiger partial charge in [-0.25, -0.2) is 5.01 Å². The van der Waals surface area contributed by atoms with E-state index in [0.29, 0.717) is 0 Å². The van der Waals surface area contributed by atoms with Gasteiger partial charge in [0.2, 0.25) is 5.91 Å². The molecule has 0 bridgehead atoms. The monoisotopic (exact) mass is 348 g/mol. The molecular formula is C20H18N3O3-. The van der Waals surface area contributed by atoms with Gasteiger partial charge in [-0.1, -0.05) is 42.5 Å². The van der Waals surface area contributed by atoms with E-state index < -0.39 is 0 Å². The van der Waals surface area contributed by atoms with Crippen molar-refractivity contribution in [3.05, 3.63) is 84.1 Å². The first kappa shape index (κ1) is 17.5. The molecule has 0 unspecified atom stereocenters. The molecule has 132 valence electrons. The van der Waals surface area contributed by atoms with Gasteiger partial charge in [0.25, 0.3) is 0 Å². The molecule has 3 rings (SSSR count). The van der Waals surface area contributed by atoms with E-state index in [1.54, 1.807) is 24.3 Å². The number of anilines is 3. The van der Waals surface area contributed by atoms with Crippen molar-refractivity contribution in [2.45, 2.75) is 6.92 Å². The number of rotatable bonds is 5. The summed E-state index contributed by atoms with van der Waals surface area (Å²) in [6, 6.07) is 23.5. The minimum Gasteiger partial charge on any atom is -0.733 e. The summed E-state index contributed by atoms with van der Waals surface area (Å²) in [6.07, 6.45) is 0. The number of nitrogens with zero attached hydrogens (tertiary/aromatic N) is 2. The van der Waals surface area contributed by atoms with Crippen molar-refractivity contribution in [1.29, 1.82) is 0 Å². The predicted molar refractivity (Wildman–Crippen MR) is 103 cm³/mol. The molecule has 0 radical (unpaired) electrons. The van der Waals surface area contributed by atoms with Crippen LogP contribution in [0.15, 0.2) is 78.9 Å². The van der Waals surface area contributed by atoms with E-state index in [9.17, 15) is 10.0 Å². The standard InChI is InChI=1S/C20H18N3O3/c1-15(24)22(19-5-3-2-4-6-19)21-18-11-7-16(8-12-18)17-9-13-20(14-10-17)23(25)26/h2-14,21,25H,1H3/q-1. The minimum atomic E-state index is -0.170. The van der Waals surface area contributed by atoms with Gasteiger partial charge in [-0.2, -0.15) is 0 Å². The van der Waals surface area contributed by atoms with Crippen LogP contribution in [-0.2, 0) is 4.79 Å². The van der Waals surface area contributed by atoms with Crippen LogP contribution < -0.4 is 15.7 Å². The summed E-state index contributed by atoms with van der Waals surface area (Å²) >= 11 is 0. The van der Waals surface area contributed by atoms with Crippen LogP contribution in [0.5, 0.6) is 0 Å². The van der Waals surface area contributed by atoms with Crippen LogP contribution in [0, 0.1) is 5.21 Å². The smallest absolute Gasteiger partial charge is 0.242 e. The number of carbonyl (C=O) groups is 1. The molecule has 0 saturated carbocycles. The number of hydrogen-bond donors (Lipinski definition) is 2. The van der Waals surface area contributed by atoms with Crippen molar-refractivity contribution in [3.8, 4) is 11.1 Å². The molecule has 2 N–H and O–H groups in total. The van der Waals surface area contributed by atoms with Crippen molar-refractivity contribution in [2.24, 2.45) is 0 Å². The van der Waals surface area contributed by atoms with Crippen LogP contribution in [0.25, 0.3) is 11.1 Å². The van der Waals surface area contributed by atoms with Crippen LogP contribution in [0.3, 0.4) is 0 Å². The Labute approximate surface area is 151 Å².